The first-order chi connectivity index (χ1) is 10.8. The van der Waals surface area contributed by atoms with Crippen molar-refractivity contribution in [2.75, 3.05) is 0 Å². The SMILES string of the molecule is Clc1ccc2sc(-c3ccccc3-c3ccccn3)nc2c1. The van der Waals surface area contributed by atoms with Crippen LogP contribution in [0, 0.1) is 0 Å². The van der Waals surface area contributed by atoms with Gasteiger partial charge in [-0.05, 0) is 30.3 Å². The van der Waals surface area contributed by atoms with Gasteiger partial charge in [0.25, 0.3) is 0 Å². The smallest absolute Gasteiger partial charge is 0.125 e. The predicted octanol–water partition coefficient (Wildman–Crippen LogP) is 5.68. The third kappa shape index (κ3) is 2.39. The first kappa shape index (κ1) is 13.4. The Morgan fingerprint density at radius 2 is 1.68 bits per heavy atom. The van der Waals surface area contributed by atoms with Gasteiger partial charge in [-0.2, -0.15) is 0 Å². The summed E-state index contributed by atoms with van der Waals surface area (Å²) < 4.78 is 1.13. The van der Waals surface area contributed by atoms with Crippen LogP contribution in [0.4, 0.5) is 0 Å². The Balaban J connectivity index is 1.92. The maximum absolute atomic E-state index is 6.06. The molecule has 0 atom stereocenters. The molecule has 2 aromatic heterocycles. The third-order valence-corrected chi connectivity index (χ3v) is 4.75. The van der Waals surface area contributed by atoms with Crippen molar-refractivity contribution in [1.82, 2.24) is 9.97 Å². The van der Waals surface area contributed by atoms with Gasteiger partial charge in [0, 0.05) is 22.3 Å². The highest BCUT2D eigenvalue weighted by Gasteiger charge is 2.12. The fraction of sp³-hybridized carbons (Fsp3) is 0. The molecule has 0 aliphatic heterocycles. The minimum Gasteiger partial charge on any atom is -0.256 e. The lowest BCUT2D eigenvalue weighted by molar-refractivity contribution is 1.32. The molecule has 106 valence electrons. The zero-order valence-electron chi connectivity index (χ0n) is 11.5. The van der Waals surface area contributed by atoms with E-state index in [-0.39, 0.29) is 0 Å². The van der Waals surface area contributed by atoms with Crippen LogP contribution in [0.15, 0.2) is 66.9 Å². The highest BCUT2D eigenvalue weighted by atomic mass is 35.5. The maximum atomic E-state index is 6.06. The molecule has 0 N–H and O–H groups in total. The lowest BCUT2D eigenvalue weighted by Crippen LogP contribution is -1.86. The van der Waals surface area contributed by atoms with E-state index in [0.29, 0.717) is 5.02 Å². The maximum Gasteiger partial charge on any atom is 0.125 e. The topological polar surface area (TPSA) is 25.8 Å². The van der Waals surface area contributed by atoms with E-state index in [0.717, 1.165) is 32.0 Å². The molecule has 0 aliphatic carbocycles. The van der Waals surface area contributed by atoms with E-state index in [1.807, 2.05) is 54.7 Å². The van der Waals surface area contributed by atoms with Gasteiger partial charge in [-0.15, -0.1) is 11.3 Å². The normalized spacial score (nSPS) is 11.0. The van der Waals surface area contributed by atoms with Gasteiger partial charge in [-0.25, -0.2) is 4.98 Å². The van der Waals surface area contributed by atoms with Crippen molar-refractivity contribution in [2.45, 2.75) is 0 Å². The molecule has 22 heavy (non-hydrogen) atoms. The molecule has 4 rings (SSSR count). The number of halogens is 1. The molecule has 0 amide bonds. The van der Waals surface area contributed by atoms with Gasteiger partial charge in [0.15, 0.2) is 0 Å². The molecular weight excluding hydrogens is 312 g/mol. The van der Waals surface area contributed by atoms with Gasteiger partial charge in [-0.3, -0.25) is 4.98 Å². The number of rotatable bonds is 2. The van der Waals surface area contributed by atoms with Gasteiger partial charge in [0.05, 0.1) is 15.9 Å². The molecule has 0 saturated carbocycles. The molecule has 0 bridgehead atoms. The number of pyridine rings is 1. The lowest BCUT2D eigenvalue weighted by atomic mass is 10.0. The number of benzene rings is 2. The third-order valence-electron chi connectivity index (χ3n) is 3.45. The van der Waals surface area contributed by atoms with E-state index in [1.54, 1.807) is 11.3 Å². The zero-order chi connectivity index (χ0) is 14.9. The molecule has 2 aromatic carbocycles. The molecule has 2 heterocycles. The second-order valence-corrected chi connectivity index (χ2v) is 6.36. The standard InChI is InChI=1S/C18H11ClN2S/c19-12-8-9-17-16(11-12)21-18(22-17)14-6-2-1-5-13(14)15-7-3-4-10-20-15/h1-11H. The van der Waals surface area contributed by atoms with E-state index in [2.05, 4.69) is 17.1 Å². The lowest BCUT2D eigenvalue weighted by Gasteiger charge is -2.05. The Labute approximate surface area is 137 Å². The molecule has 0 radical (unpaired) electrons. The molecule has 2 nitrogen and oxygen atoms in total. The van der Waals surface area contributed by atoms with Gasteiger partial charge in [-0.1, -0.05) is 41.9 Å². The summed E-state index contributed by atoms with van der Waals surface area (Å²) in [6, 6.07) is 20.0. The first-order valence-electron chi connectivity index (χ1n) is 6.88. The summed E-state index contributed by atoms with van der Waals surface area (Å²) in [5.41, 5.74) is 4.07. The molecule has 0 spiro atoms. The quantitative estimate of drug-likeness (QED) is 0.474. The second kappa shape index (κ2) is 5.52. The Bertz CT molecular complexity index is 948. The number of nitrogens with zero attached hydrogens (tertiary/aromatic N) is 2. The van der Waals surface area contributed by atoms with E-state index < -0.39 is 0 Å². The Hall–Kier alpha value is -2.23. The van der Waals surface area contributed by atoms with Gasteiger partial charge < -0.3 is 0 Å². The molecule has 0 aliphatic rings. The minimum absolute atomic E-state index is 0.711. The van der Waals surface area contributed by atoms with Gasteiger partial charge in [0.1, 0.15) is 5.01 Å². The summed E-state index contributed by atoms with van der Waals surface area (Å²) >= 11 is 7.73. The summed E-state index contributed by atoms with van der Waals surface area (Å²) in [5.74, 6) is 0. The number of thiazole rings is 1. The Morgan fingerprint density at radius 3 is 2.50 bits per heavy atom. The van der Waals surface area contributed by atoms with Crippen LogP contribution < -0.4 is 0 Å². The van der Waals surface area contributed by atoms with Crippen molar-refractivity contribution >= 4 is 33.2 Å². The van der Waals surface area contributed by atoms with Crippen LogP contribution in [0.3, 0.4) is 0 Å². The molecule has 0 unspecified atom stereocenters. The summed E-state index contributed by atoms with van der Waals surface area (Å²) in [6.07, 6.45) is 1.81. The molecule has 4 aromatic rings. The molecule has 4 heteroatoms. The van der Waals surface area contributed by atoms with Gasteiger partial charge >= 0.3 is 0 Å². The van der Waals surface area contributed by atoms with Crippen molar-refractivity contribution in [1.29, 1.82) is 0 Å². The van der Waals surface area contributed by atoms with Crippen molar-refractivity contribution in [3.8, 4) is 21.8 Å². The minimum atomic E-state index is 0.711. The highest BCUT2D eigenvalue weighted by Crippen LogP contribution is 2.36. The van der Waals surface area contributed by atoms with Crippen molar-refractivity contribution < 1.29 is 0 Å². The molecule has 0 saturated heterocycles. The van der Waals surface area contributed by atoms with Crippen molar-refractivity contribution in [3.05, 3.63) is 71.9 Å². The van der Waals surface area contributed by atoms with Crippen LogP contribution in [0.2, 0.25) is 5.02 Å². The average molecular weight is 323 g/mol. The Morgan fingerprint density at radius 1 is 0.864 bits per heavy atom. The van der Waals surface area contributed by atoms with E-state index in [4.69, 9.17) is 16.6 Å². The Kier molecular flexibility index (Phi) is 3.37. The van der Waals surface area contributed by atoms with Crippen molar-refractivity contribution in [2.24, 2.45) is 0 Å². The van der Waals surface area contributed by atoms with Crippen LogP contribution in [0.1, 0.15) is 0 Å². The molecular formula is C18H11ClN2S. The number of hydrogen-bond acceptors (Lipinski definition) is 3. The van der Waals surface area contributed by atoms with Crippen LogP contribution >= 0.6 is 22.9 Å². The summed E-state index contributed by atoms with van der Waals surface area (Å²) in [5, 5.41) is 1.70. The number of fused-ring (bicyclic) bond motifs is 1. The van der Waals surface area contributed by atoms with E-state index in [9.17, 15) is 0 Å². The van der Waals surface area contributed by atoms with E-state index in [1.165, 1.54) is 0 Å². The summed E-state index contributed by atoms with van der Waals surface area (Å²) in [6.45, 7) is 0. The summed E-state index contributed by atoms with van der Waals surface area (Å²) in [7, 11) is 0. The zero-order valence-corrected chi connectivity index (χ0v) is 13.1. The highest BCUT2D eigenvalue weighted by molar-refractivity contribution is 7.21. The van der Waals surface area contributed by atoms with Crippen molar-refractivity contribution in [3.63, 3.8) is 0 Å². The monoisotopic (exact) mass is 322 g/mol. The van der Waals surface area contributed by atoms with Gasteiger partial charge in [0.2, 0.25) is 0 Å². The first-order valence-corrected chi connectivity index (χ1v) is 8.07. The molecule has 0 fully saturated rings. The van der Waals surface area contributed by atoms with E-state index >= 15 is 0 Å². The second-order valence-electron chi connectivity index (χ2n) is 4.89. The largest absolute Gasteiger partial charge is 0.256 e. The average Bonchev–Trinajstić information content (AvgIpc) is 2.98. The van der Waals surface area contributed by atoms with Crippen LogP contribution in [-0.2, 0) is 0 Å². The number of hydrogen-bond donors (Lipinski definition) is 0. The predicted molar refractivity (Wildman–Crippen MR) is 93.3 cm³/mol. The van der Waals surface area contributed by atoms with Crippen LogP contribution in [-0.4, -0.2) is 9.97 Å². The van der Waals surface area contributed by atoms with Crippen LogP contribution in [0.25, 0.3) is 32.0 Å². The summed E-state index contributed by atoms with van der Waals surface area (Å²) in [4.78, 5) is 9.20. The fourth-order valence-corrected chi connectivity index (χ4v) is 3.58. The number of aromatic nitrogens is 2. The van der Waals surface area contributed by atoms with Crippen LogP contribution in [0.5, 0.6) is 0 Å². The fourth-order valence-electron chi connectivity index (χ4n) is 2.43.